The molecule has 0 aliphatic rings. The molecule has 1 aromatic carbocycles. The third-order valence-corrected chi connectivity index (χ3v) is 2.21. The topological polar surface area (TPSA) is 43.4 Å². The molecule has 0 heterocycles. The molecule has 0 atom stereocenters. The van der Waals surface area contributed by atoms with Crippen LogP contribution in [0.15, 0.2) is 30.3 Å². The molecule has 0 spiro atoms. The minimum absolute atomic E-state index is 0.224. The van der Waals surface area contributed by atoms with Crippen LogP contribution in [0.25, 0.3) is 6.08 Å². The second-order valence-electron chi connectivity index (χ2n) is 3.33. The quantitative estimate of drug-likeness (QED) is 0.460. The van der Waals surface area contributed by atoms with Gasteiger partial charge in [0.1, 0.15) is 6.42 Å². The van der Waals surface area contributed by atoms with Crippen LogP contribution in [-0.2, 0) is 14.3 Å². The maximum Gasteiger partial charge on any atom is 0.313 e. The van der Waals surface area contributed by atoms with Gasteiger partial charge in [-0.05, 0) is 30.7 Å². The highest BCUT2D eigenvalue weighted by Gasteiger charge is 2.06. The summed E-state index contributed by atoms with van der Waals surface area (Å²) in [6, 6.07) is 7.04. The highest BCUT2D eigenvalue weighted by molar-refractivity contribution is 6.30. The Hall–Kier alpha value is -1.61. The van der Waals surface area contributed by atoms with Gasteiger partial charge in [0, 0.05) is 5.02 Å². The van der Waals surface area contributed by atoms with E-state index in [-0.39, 0.29) is 18.8 Å². The molecular weight excluding hydrogens is 240 g/mol. The van der Waals surface area contributed by atoms with Gasteiger partial charge in [0.25, 0.3) is 0 Å². The third kappa shape index (κ3) is 5.31. The van der Waals surface area contributed by atoms with E-state index in [0.29, 0.717) is 5.02 Å². The number of allylic oxidation sites excluding steroid dienone is 1. The summed E-state index contributed by atoms with van der Waals surface area (Å²) < 4.78 is 4.67. The largest absolute Gasteiger partial charge is 0.466 e. The van der Waals surface area contributed by atoms with Gasteiger partial charge in [-0.25, -0.2) is 0 Å². The summed E-state index contributed by atoms with van der Waals surface area (Å²) in [5.41, 5.74) is 0.853. The molecule has 0 radical (unpaired) electrons. The molecule has 0 aromatic heterocycles. The monoisotopic (exact) mass is 252 g/mol. The molecule has 0 unspecified atom stereocenters. The van der Waals surface area contributed by atoms with Crippen LogP contribution in [0.4, 0.5) is 0 Å². The highest BCUT2D eigenvalue weighted by atomic mass is 35.5. The van der Waals surface area contributed by atoms with E-state index in [4.69, 9.17) is 11.6 Å². The lowest BCUT2D eigenvalue weighted by Gasteiger charge is -1.98. The van der Waals surface area contributed by atoms with Crippen molar-refractivity contribution in [2.24, 2.45) is 0 Å². The van der Waals surface area contributed by atoms with Crippen LogP contribution in [0.3, 0.4) is 0 Å². The minimum atomic E-state index is -0.502. The Balaban J connectivity index is 2.50. The van der Waals surface area contributed by atoms with Crippen molar-refractivity contribution in [3.05, 3.63) is 40.9 Å². The van der Waals surface area contributed by atoms with Crippen LogP contribution in [0.5, 0.6) is 0 Å². The van der Waals surface area contributed by atoms with Crippen molar-refractivity contribution in [2.45, 2.75) is 13.3 Å². The van der Waals surface area contributed by atoms with Gasteiger partial charge in [-0.15, -0.1) is 0 Å². The number of esters is 1. The summed E-state index contributed by atoms with van der Waals surface area (Å²) in [5, 5.41) is 0.639. The number of hydrogen-bond acceptors (Lipinski definition) is 3. The first-order valence-corrected chi connectivity index (χ1v) is 5.61. The Morgan fingerprint density at radius 2 is 1.94 bits per heavy atom. The zero-order chi connectivity index (χ0) is 12.7. The first kappa shape index (κ1) is 13.5. The Morgan fingerprint density at radius 1 is 1.29 bits per heavy atom. The molecule has 0 amide bonds. The van der Waals surface area contributed by atoms with E-state index in [9.17, 15) is 9.59 Å². The Morgan fingerprint density at radius 3 is 2.53 bits per heavy atom. The van der Waals surface area contributed by atoms with Gasteiger partial charge in [-0.1, -0.05) is 29.8 Å². The first-order valence-electron chi connectivity index (χ1n) is 5.24. The van der Waals surface area contributed by atoms with Crippen molar-refractivity contribution >= 4 is 29.4 Å². The molecule has 0 saturated carbocycles. The van der Waals surface area contributed by atoms with E-state index >= 15 is 0 Å². The van der Waals surface area contributed by atoms with Gasteiger partial charge in [0.2, 0.25) is 0 Å². The van der Waals surface area contributed by atoms with Crippen LogP contribution < -0.4 is 0 Å². The second kappa shape index (κ2) is 6.86. The summed E-state index contributed by atoms with van der Waals surface area (Å²) in [5.74, 6) is -0.781. The van der Waals surface area contributed by atoms with Crippen LogP contribution in [0, 0.1) is 0 Å². The summed E-state index contributed by atoms with van der Waals surface area (Å²) in [7, 11) is 0. The molecule has 0 saturated heterocycles. The maximum absolute atomic E-state index is 11.4. The van der Waals surface area contributed by atoms with Gasteiger partial charge in [-0.3, -0.25) is 9.59 Å². The molecule has 90 valence electrons. The Kier molecular flexibility index (Phi) is 5.43. The van der Waals surface area contributed by atoms with Crippen LogP contribution in [0.1, 0.15) is 18.9 Å². The standard InChI is InChI=1S/C13H13ClO3/c1-2-17-13(16)9-12(15)8-5-10-3-6-11(14)7-4-10/h3-8H,2,9H2,1H3/b8-5+. The minimum Gasteiger partial charge on any atom is -0.466 e. The van der Waals surface area contributed by atoms with Crippen LogP contribution in [-0.4, -0.2) is 18.4 Å². The fourth-order valence-electron chi connectivity index (χ4n) is 1.18. The van der Waals surface area contributed by atoms with E-state index in [1.54, 1.807) is 37.3 Å². The lowest BCUT2D eigenvalue weighted by atomic mass is 10.2. The molecule has 0 bridgehead atoms. The van der Waals surface area contributed by atoms with Gasteiger partial charge < -0.3 is 4.74 Å². The van der Waals surface area contributed by atoms with Crippen LogP contribution in [0.2, 0.25) is 5.02 Å². The number of hydrogen-bond donors (Lipinski definition) is 0. The van der Waals surface area contributed by atoms with Crippen LogP contribution >= 0.6 is 11.6 Å². The Bertz CT molecular complexity index is 421. The molecule has 0 aliphatic heterocycles. The van der Waals surface area contributed by atoms with Crippen molar-refractivity contribution in [3.8, 4) is 0 Å². The number of ketones is 1. The van der Waals surface area contributed by atoms with E-state index in [2.05, 4.69) is 4.74 Å². The zero-order valence-electron chi connectivity index (χ0n) is 9.48. The average molecular weight is 253 g/mol. The fourth-order valence-corrected chi connectivity index (χ4v) is 1.30. The third-order valence-electron chi connectivity index (χ3n) is 1.96. The van der Waals surface area contributed by atoms with Crippen molar-refractivity contribution in [1.29, 1.82) is 0 Å². The molecule has 1 aromatic rings. The second-order valence-corrected chi connectivity index (χ2v) is 3.77. The van der Waals surface area contributed by atoms with Crippen molar-refractivity contribution < 1.29 is 14.3 Å². The van der Waals surface area contributed by atoms with Gasteiger partial charge in [0.05, 0.1) is 6.61 Å². The van der Waals surface area contributed by atoms with E-state index < -0.39 is 5.97 Å². The number of carbonyl (C=O) groups excluding carboxylic acids is 2. The predicted octanol–water partition coefficient (Wildman–Crippen LogP) is 2.88. The number of ether oxygens (including phenoxy) is 1. The molecule has 17 heavy (non-hydrogen) atoms. The molecule has 0 fully saturated rings. The number of benzene rings is 1. The van der Waals surface area contributed by atoms with Crippen molar-refractivity contribution in [1.82, 2.24) is 0 Å². The fraction of sp³-hybridized carbons (Fsp3) is 0.231. The molecule has 1 rings (SSSR count). The Labute approximate surface area is 105 Å². The van der Waals surface area contributed by atoms with Crippen molar-refractivity contribution in [3.63, 3.8) is 0 Å². The lowest BCUT2D eigenvalue weighted by molar-refractivity contribution is -0.144. The summed E-state index contributed by atoms with van der Waals surface area (Å²) in [6.45, 7) is 1.99. The predicted molar refractivity (Wildman–Crippen MR) is 66.7 cm³/mol. The average Bonchev–Trinajstić information content (AvgIpc) is 2.28. The van der Waals surface area contributed by atoms with Gasteiger partial charge >= 0.3 is 5.97 Å². The smallest absolute Gasteiger partial charge is 0.313 e. The van der Waals surface area contributed by atoms with E-state index in [1.165, 1.54) is 6.08 Å². The van der Waals surface area contributed by atoms with Crippen molar-refractivity contribution in [2.75, 3.05) is 6.61 Å². The van der Waals surface area contributed by atoms with E-state index in [1.807, 2.05) is 0 Å². The summed E-state index contributed by atoms with van der Waals surface area (Å²) in [4.78, 5) is 22.4. The normalized spacial score (nSPS) is 10.5. The zero-order valence-corrected chi connectivity index (χ0v) is 10.2. The van der Waals surface area contributed by atoms with Gasteiger partial charge in [-0.2, -0.15) is 0 Å². The van der Waals surface area contributed by atoms with Gasteiger partial charge in [0.15, 0.2) is 5.78 Å². The number of halogens is 1. The lowest BCUT2D eigenvalue weighted by Crippen LogP contribution is -2.08. The molecular formula is C13H13ClO3. The molecule has 0 aliphatic carbocycles. The molecule has 0 N–H and O–H groups in total. The first-order chi connectivity index (χ1) is 8.11. The molecule has 3 nitrogen and oxygen atoms in total. The summed E-state index contributed by atoms with van der Waals surface area (Å²) in [6.07, 6.45) is 2.77. The molecule has 4 heteroatoms. The SMILES string of the molecule is CCOC(=O)CC(=O)/C=C/c1ccc(Cl)cc1. The van der Waals surface area contributed by atoms with E-state index in [0.717, 1.165) is 5.56 Å². The number of rotatable bonds is 5. The highest BCUT2D eigenvalue weighted by Crippen LogP contribution is 2.10. The maximum atomic E-state index is 11.4. The summed E-state index contributed by atoms with van der Waals surface area (Å²) >= 11 is 5.73. The number of carbonyl (C=O) groups is 2.